The molecule has 0 aliphatic heterocycles. The van der Waals surface area contributed by atoms with Crippen molar-refractivity contribution in [1.82, 2.24) is 0 Å². The number of hydrogen-bond donors (Lipinski definition) is 4. The lowest BCUT2D eigenvalue weighted by molar-refractivity contribution is -0.00211. The molecule has 7 atom stereocenters. The Bertz CT molecular complexity index is 715. The molecule has 0 bridgehead atoms. The summed E-state index contributed by atoms with van der Waals surface area (Å²) in [6.45, 7) is 12.6. The average molecular weight is 433 g/mol. The van der Waals surface area contributed by atoms with Gasteiger partial charge in [0.05, 0.1) is 17.8 Å². The highest BCUT2D eigenvalue weighted by Gasteiger charge is 2.50. The molecule has 0 amide bonds. The molecule has 0 heterocycles. The number of aliphatic hydroxyl groups excluding tert-OH is 3. The molecule has 3 aliphatic rings. The Morgan fingerprint density at radius 3 is 2.58 bits per heavy atom. The summed E-state index contributed by atoms with van der Waals surface area (Å²) in [6, 6.07) is 0. The molecule has 3 rings (SSSR count). The maximum atomic E-state index is 10.4. The lowest BCUT2D eigenvalue weighted by atomic mass is 9.60. The Morgan fingerprint density at radius 1 is 1.19 bits per heavy atom. The topological polar surface area (TPSA) is 80.9 Å². The van der Waals surface area contributed by atoms with Crippen LogP contribution < -0.4 is 0 Å². The third-order valence-electron chi connectivity index (χ3n) is 8.57. The summed E-state index contributed by atoms with van der Waals surface area (Å²) < 4.78 is 0. The van der Waals surface area contributed by atoms with Crippen molar-refractivity contribution in [3.05, 3.63) is 35.5 Å². The minimum atomic E-state index is -0.977. The van der Waals surface area contributed by atoms with Gasteiger partial charge in [-0.15, -0.1) is 0 Å². The van der Waals surface area contributed by atoms with Gasteiger partial charge in [-0.1, -0.05) is 51.0 Å². The molecule has 0 radical (unpaired) electrons. The van der Waals surface area contributed by atoms with Crippen LogP contribution in [0.15, 0.2) is 35.5 Å². The molecular weight excluding hydrogens is 388 g/mol. The summed E-state index contributed by atoms with van der Waals surface area (Å²) in [5.41, 5.74) is 2.27. The molecule has 4 N–H and O–H groups in total. The molecule has 31 heavy (non-hydrogen) atoms. The molecule has 0 spiro atoms. The van der Waals surface area contributed by atoms with Crippen molar-refractivity contribution < 1.29 is 20.4 Å². The van der Waals surface area contributed by atoms with E-state index >= 15 is 0 Å². The van der Waals surface area contributed by atoms with E-state index in [9.17, 15) is 20.4 Å². The fourth-order valence-corrected chi connectivity index (χ4v) is 6.76. The van der Waals surface area contributed by atoms with Crippen molar-refractivity contribution in [3.8, 4) is 0 Å². The molecular formula is C27H44O4. The van der Waals surface area contributed by atoms with Gasteiger partial charge in [0.25, 0.3) is 0 Å². The van der Waals surface area contributed by atoms with Crippen LogP contribution >= 0.6 is 0 Å². The number of hydrogen-bond acceptors (Lipinski definition) is 4. The van der Waals surface area contributed by atoms with Crippen molar-refractivity contribution in [3.63, 3.8) is 0 Å². The largest absolute Gasteiger partial charge is 0.390 e. The minimum Gasteiger partial charge on any atom is -0.390 e. The van der Waals surface area contributed by atoms with Crippen molar-refractivity contribution in [1.29, 1.82) is 0 Å². The van der Waals surface area contributed by atoms with Gasteiger partial charge >= 0.3 is 0 Å². The Kier molecular flexibility index (Phi) is 7.57. The second-order valence-corrected chi connectivity index (χ2v) is 11.4. The summed E-state index contributed by atoms with van der Waals surface area (Å²) in [4.78, 5) is 0. The predicted molar refractivity (Wildman–Crippen MR) is 125 cm³/mol. The van der Waals surface area contributed by atoms with Crippen LogP contribution in [0.3, 0.4) is 0 Å². The van der Waals surface area contributed by atoms with E-state index in [0.29, 0.717) is 34.3 Å². The zero-order chi connectivity index (χ0) is 23.0. The van der Waals surface area contributed by atoms with Crippen LogP contribution in [-0.4, -0.2) is 44.3 Å². The summed E-state index contributed by atoms with van der Waals surface area (Å²) in [6.07, 6.45) is 10.6. The molecule has 0 aromatic heterocycles. The number of fused-ring (bicyclic) bond motifs is 1. The normalized spacial score (nSPS) is 40.4. The van der Waals surface area contributed by atoms with E-state index in [-0.39, 0.29) is 6.42 Å². The Morgan fingerprint density at radius 2 is 1.90 bits per heavy atom. The third kappa shape index (κ3) is 5.35. The molecule has 0 saturated heterocycles. The zero-order valence-electron chi connectivity index (χ0n) is 20.0. The molecule has 3 saturated carbocycles. The smallest absolute Gasteiger partial charge is 0.105 e. The molecule has 3 fully saturated rings. The van der Waals surface area contributed by atoms with E-state index in [0.717, 1.165) is 19.3 Å². The monoisotopic (exact) mass is 432 g/mol. The fraction of sp³-hybridized carbons (Fsp3) is 0.778. The van der Waals surface area contributed by atoms with Gasteiger partial charge in [0.1, 0.15) is 6.10 Å². The fourth-order valence-electron chi connectivity index (χ4n) is 6.76. The van der Waals surface area contributed by atoms with Crippen LogP contribution in [0.2, 0.25) is 0 Å². The Labute approximate surface area is 188 Å². The highest BCUT2D eigenvalue weighted by Crippen LogP contribution is 2.60. The summed E-state index contributed by atoms with van der Waals surface area (Å²) in [5.74, 6) is 1.92. The SMILES string of the molecule is C=C1/C(=C\C=C2/CCC[C@]3(C)[C@@H]([C@H](C)CCCC(C)(C)O)CC[C@@H]23)[C@@H](O)[C@@H](O)C[C@@H]1O. The predicted octanol–water partition coefficient (Wildman–Crippen LogP) is 4.68. The van der Waals surface area contributed by atoms with Gasteiger partial charge in [0.15, 0.2) is 0 Å². The van der Waals surface area contributed by atoms with Gasteiger partial charge in [-0.3, -0.25) is 0 Å². The molecule has 0 aromatic carbocycles. The van der Waals surface area contributed by atoms with E-state index in [4.69, 9.17) is 0 Å². The van der Waals surface area contributed by atoms with E-state index < -0.39 is 23.9 Å². The van der Waals surface area contributed by atoms with Crippen LogP contribution in [0.25, 0.3) is 0 Å². The van der Waals surface area contributed by atoms with Crippen molar-refractivity contribution >= 4 is 0 Å². The standard InChI is InChI=1S/C27H44O4/c1-17(8-6-14-26(3,4)31)21-12-13-22-19(9-7-15-27(21,22)5)10-11-20-18(2)23(28)16-24(29)25(20)30/h10-11,17,21-25,28-31H,2,6-9,12-16H2,1,3-5H3/b19-10+,20-11+/t17-,21-,22+,23+,24+,25-,27-/m1/s1. The van der Waals surface area contributed by atoms with Crippen molar-refractivity contribution in [2.75, 3.05) is 0 Å². The highest BCUT2D eigenvalue weighted by atomic mass is 16.3. The van der Waals surface area contributed by atoms with E-state index in [1.807, 2.05) is 19.9 Å². The number of allylic oxidation sites excluding steroid dienone is 3. The van der Waals surface area contributed by atoms with Crippen molar-refractivity contribution in [2.45, 2.75) is 109 Å². The molecule has 0 aromatic rings. The molecule has 3 aliphatic carbocycles. The van der Waals surface area contributed by atoms with Gasteiger partial charge in [-0.05, 0) is 86.7 Å². The molecule has 176 valence electrons. The summed E-state index contributed by atoms with van der Waals surface area (Å²) in [7, 11) is 0. The van der Waals surface area contributed by atoms with Gasteiger partial charge in [-0.2, -0.15) is 0 Å². The van der Waals surface area contributed by atoms with Gasteiger partial charge < -0.3 is 20.4 Å². The maximum Gasteiger partial charge on any atom is 0.105 e. The van der Waals surface area contributed by atoms with E-state index in [1.165, 1.54) is 37.7 Å². The first-order valence-corrected chi connectivity index (χ1v) is 12.3. The van der Waals surface area contributed by atoms with Crippen LogP contribution in [0.1, 0.15) is 85.5 Å². The Balaban J connectivity index is 1.74. The van der Waals surface area contributed by atoms with Gasteiger partial charge in [-0.25, -0.2) is 0 Å². The van der Waals surface area contributed by atoms with Crippen LogP contribution in [0, 0.1) is 23.2 Å². The second-order valence-electron chi connectivity index (χ2n) is 11.4. The quantitative estimate of drug-likeness (QED) is 0.491. The number of aliphatic hydroxyl groups is 4. The lowest BCUT2D eigenvalue weighted by Gasteiger charge is -2.44. The minimum absolute atomic E-state index is 0.141. The highest BCUT2D eigenvalue weighted by molar-refractivity contribution is 5.41. The second kappa shape index (κ2) is 9.51. The van der Waals surface area contributed by atoms with Gasteiger partial charge in [0.2, 0.25) is 0 Å². The van der Waals surface area contributed by atoms with Crippen LogP contribution in [0.5, 0.6) is 0 Å². The third-order valence-corrected chi connectivity index (χ3v) is 8.57. The number of rotatable bonds is 6. The summed E-state index contributed by atoms with van der Waals surface area (Å²) >= 11 is 0. The van der Waals surface area contributed by atoms with Gasteiger partial charge in [0, 0.05) is 6.42 Å². The zero-order valence-corrected chi connectivity index (χ0v) is 20.0. The van der Waals surface area contributed by atoms with E-state index in [1.54, 1.807) is 0 Å². The first-order valence-electron chi connectivity index (χ1n) is 12.3. The van der Waals surface area contributed by atoms with Crippen LogP contribution in [-0.2, 0) is 0 Å². The summed E-state index contributed by atoms with van der Waals surface area (Å²) in [5, 5.41) is 40.6. The molecule has 4 heteroatoms. The van der Waals surface area contributed by atoms with Crippen molar-refractivity contribution in [2.24, 2.45) is 23.2 Å². The van der Waals surface area contributed by atoms with Crippen LogP contribution in [0.4, 0.5) is 0 Å². The first-order chi connectivity index (χ1) is 14.4. The van der Waals surface area contributed by atoms with E-state index in [2.05, 4.69) is 26.5 Å². The maximum absolute atomic E-state index is 10.4. The lowest BCUT2D eigenvalue weighted by Crippen LogP contribution is -2.39. The average Bonchev–Trinajstić information content (AvgIpc) is 3.03. The first kappa shape index (κ1) is 24.7. The Hall–Kier alpha value is -0.940. The molecule has 4 nitrogen and oxygen atoms in total. The molecule has 0 unspecified atom stereocenters.